The number of halogens is 6. The fourth-order valence-corrected chi connectivity index (χ4v) is 8.51. The summed E-state index contributed by atoms with van der Waals surface area (Å²) >= 11 is 0. The van der Waals surface area contributed by atoms with Crippen molar-refractivity contribution in [3.63, 3.8) is 0 Å². The Labute approximate surface area is 360 Å². The highest BCUT2D eigenvalue weighted by atomic mass is 19.4. The summed E-state index contributed by atoms with van der Waals surface area (Å²) < 4.78 is 93.1. The standard InChI is InChI=1S/C53H30F6N4O/c54-52(55,56)36-26-35(27-37(30-36)53(57,58)59)33-22-24-40-39-16-7-9-20-44(39)63(46(40)29-33)45-25-23-34(38-18-11-19-42-41-17-8-10-21-47(41)64-48(38)42)28-43(45)51-61-49(31-12-3-1-4-13-31)60-50(62-51)32-14-5-2-6-15-32/h1-30H. The zero-order valence-corrected chi connectivity index (χ0v) is 33.3. The first kappa shape index (κ1) is 38.8. The highest BCUT2D eigenvalue weighted by Gasteiger charge is 2.37. The Morgan fingerprint density at radius 3 is 1.61 bits per heavy atom. The van der Waals surface area contributed by atoms with E-state index in [9.17, 15) is 26.3 Å². The van der Waals surface area contributed by atoms with Gasteiger partial charge in [-0.05, 0) is 65.2 Å². The van der Waals surface area contributed by atoms with Gasteiger partial charge in [-0.25, -0.2) is 15.0 Å². The molecule has 11 heteroatoms. The van der Waals surface area contributed by atoms with Gasteiger partial charge in [-0.3, -0.25) is 0 Å². The predicted molar refractivity (Wildman–Crippen MR) is 239 cm³/mol. The van der Waals surface area contributed by atoms with Gasteiger partial charge in [-0.2, -0.15) is 26.3 Å². The number of aromatic nitrogens is 4. The Balaban J connectivity index is 1.21. The molecule has 0 aliphatic heterocycles. The molecule has 0 unspecified atom stereocenters. The van der Waals surface area contributed by atoms with E-state index in [0.717, 1.165) is 67.0 Å². The maximum atomic E-state index is 14.1. The average molecular weight is 853 g/mol. The second-order valence-corrected chi connectivity index (χ2v) is 15.4. The van der Waals surface area contributed by atoms with Gasteiger partial charge >= 0.3 is 12.4 Å². The summed E-state index contributed by atoms with van der Waals surface area (Å²) in [5, 5.41) is 3.46. The normalized spacial score (nSPS) is 12.2. The molecule has 64 heavy (non-hydrogen) atoms. The van der Waals surface area contributed by atoms with E-state index in [0.29, 0.717) is 39.8 Å². The van der Waals surface area contributed by atoms with Crippen LogP contribution in [-0.2, 0) is 12.4 Å². The van der Waals surface area contributed by atoms with Crippen LogP contribution >= 0.6 is 0 Å². The zero-order valence-electron chi connectivity index (χ0n) is 33.3. The number of alkyl halides is 6. The first-order valence-corrected chi connectivity index (χ1v) is 20.2. The minimum absolute atomic E-state index is 0.140. The smallest absolute Gasteiger partial charge is 0.416 e. The van der Waals surface area contributed by atoms with Crippen LogP contribution in [0.1, 0.15) is 11.1 Å². The van der Waals surface area contributed by atoms with Crippen LogP contribution < -0.4 is 0 Å². The van der Waals surface area contributed by atoms with Gasteiger partial charge in [0.2, 0.25) is 0 Å². The average Bonchev–Trinajstić information content (AvgIpc) is 3.87. The van der Waals surface area contributed by atoms with Crippen molar-refractivity contribution < 1.29 is 30.8 Å². The Morgan fingerprint density at radius 2 is 0.938 bits per heavy atom. The molecule has 8 aromatic carbocycles. The predicted octanol–water partition coefficient (Wildman–Crippen LogP) is 15.2. The minimum Gasteiger partial charge on any atom is -0.455 e. The summed E-state index contributed by atoms with van der Waals surface area (Å²) in [4.78, 5) is 15.2. The highest BCUT2D eigenvalue weighted by molar-refractivity contribution is 6.12. The topological polar surface area (TPSA) is 56.7 Å². The molecule has 0 aliphatic rings. The van der Waals surface area contributed by atoms with Gasteiger partial charge in [0.05, 0.1) is 27.8 Å². The van der Waals surface area contributed by atoms with Gasteiger partial charge in [0, 0.05) is 43.8 Å². The maximum absolute atomic E-state index is 14.1. The van der Waals surface area contributed by atoms with Crippen molar-refractivity contribution >= 4 is 43.7 Å². The zero-order chi connectivity index (χ0) is 43.7. The number of furan rings is 1. The number of hydrogen-bond acceptors (Lipinski definition) is 4. The van der Waals surface area contributed by atoms with Gasteiger partial charge < -0.3 is 8.98 Å². The summed E-state index contributed by atoms with van der Waals surface area (Å²) in [6, 6.07) is 53.0. The molecule has 0 atom stereocenters. The van der Waals surface area contributed by atoms with E-state index in [4.69, 9.17) is 19.4 Å². The fourth-order valence-electron chi connectivity index (χ4n) is 8.51. The molecule has 0 bridgehead atoms. The molecule has 11 rings (SSSR count). The highest BCUT2D eigenvalue weighted by Crippen LogP contribution is 2.43. The Kier molecular flexibility index (Phi) is 8.98. The van der Waals surface area contributed by atoms with Gasteiger partial charge in [-0.1, -0.05) is 133 Å². The van der Waals surface area contributed by atoms with Crippen molar-refractivity contribution in [3.8, 4) is 62.1 Å². The summed E-state index contributed by atoms with van der Waals surface area (Å²) in [5.41, 5.74) is 4.16. The van der Waals surface area contributed by atoms with Crippen molar-refractivity contribution in [1.82, 2.24) is 19.5 Å². The van der Waals surface area contributed by atoms with E-state index in [1.807, 2.05) is 150 Å². The third kappa shape index (κ3) is 6.73. The van der Waals surface area contributed by atoms with Crippen LogP contribution in [0.5, 0.6) is 0 Å². The maximum Gasteiger partial charge on any atom is 0.416 e. The lowest BCUT2D eigenvalue weighted by atomic mass is 9.97. The molecule has 0 N–H and O–H groups in total. The molecule has 0 amide bonds. The quantitative estimate of drug-likeness (QED) is 0.156. The third-order valence-electron chi connectivity index (χ3n) is 11.5. The number of nitrogens with zero attached hydrogens (tertiary/aromatic N) is 4. The van der Waals surface area contributed by atoms with Crippen LogP contribution in [0.25, 0.3) is 106 Å². The second-order valence-electron chi connectivity index (χ2n) is 15.4. The van der Waals surface area contributed by atoms with E-state index in [2.05, 4.69) is 0 Å². The van der Waals surface area contributed by atoms with E-state index >= 15 is 0 Å². The van der Waals surface area contributed by atoms with Crippen LogP contribution in [0.15, 0.2) is 186 Å². The Hall–Kier alpha value is -8.05. The van der Waals surface area contributed by atoms with Gasteiger partial charge in [0.15, 0.2) is 17.5 Å². The molecule has 0 fully saturated rings. The van der Waals surface area contributed by atoms with Crippen molar-refractivity contribution in [2.45, 2.75) is 12.4 Å². The first-order chi connectivity index (χ1) is 31.0. The SMILES string of the molecule is FC(F)(F)c1cc(-c2ccc3c4ccccc4n(-c4ccc(-c5cccc6c5oc5ccccc56)cc4-c4nc(-c5ccccc5)nc(-c5ccccc5)n4)c3c2)cc(C(F)(F)F)c1. The van der Waals surface area contributed by atoms with Crippen LogP contribution in [0, 0.1) is 0 Å². The van der Waals surface area contributed by atoms with Crippen LogP contribution in [0.4, 0.5) is 26.3 Å². The molecule has 0 spiro atoms. The lowest BCUT2D eigenvalue weighted by molar-refractivity contribution is -0.143. The second kappa shape index (κ2) is 14.8. The molecule has 3 heterocycles. The fraction of sp³-hybridized carbons (Fsp3) is 0.0377. The molecule has 0 saturated heterocycles. The van der Waals surface area contributed by atoms with Crippen molar-refractivity contribution in [1.29, 1.82) is 0 Å². The summed E-state index contributed by atoms with van der Waals surface area (Å²) in [5.74, 6) is 1.18. The van der Waals surface area contributed by atoms with E-state index in [-0.39, 0.29) is 17.2 Å². The molecule has 5 nitrogen and oxygen atoms in total. The van der Waals surface area contributed by atoms with E-state index in [1.54, 1.807) is 18.2 Å². The van der Waals surface area contributed by atoms with Gasteiger partial charge in [0.1, 0.15) is 11.2 Å². The molecule has 0 aliphatic carbocycles. The monoisotopic (exact) mass is 852 g/mol. The number of benzene rings is 8. The number of fused-ring (bicyclic) bond motifs is 6. The number of para-hydroxylation sites is 3. The summed E-state index contributed by atoms with van der Waals surface area (Å²) in [7, 11) is 0. The molecule has 11 aromatic rings. The van der Waals surface area contributed by atoms with Crippen LogP contribution in [0.3, 0.4) is 0 Å². The first-order valence-electron chi connectivity index (χ1n) is 20.2. The number of rotatable bonds is 6. The Bertz CT molecular complexity index is 3500. The van der Waals surface area contributed by atoms with Crippen molar-refractivity contribution in [2.75, 3.05) is 0 Å². The summed E-state index contributed by atoms with van der Waals surface area (Å²) in [6.07, 6.45) is -10.0. The van der Waals surface area contributed by atoms with Crippen molar-refractivity contribution in [2.24, 2.45) is 0 Å². The third-order valence-corrected chi connectivity index (χ3v) is 11.5. The largest absolute Gasteiger partial charge is 0.455 e. The molecular formula is C53H30F6N4O. The van der Waals surface area contributed by atoms with E-state index < -0.39 is 23.5 Å². The molecule has 0 radical (unpaired) electrons. The van der Waals surface area contributed by atoms with Crippen molar-refractivity contribution in [3.05, 3.63) is 193 Å². The van der Waals surface area contributed by atoms with Crippen LogP contribution in [0.2, 0.25) is 0 Å². The molecule has 0 saturated carbocycles. The van der Waals surface area contributed by atoms with Gasteiger partial charge in [-0.15, -0.1) is 0 Å². The summed E-state index contributed by atoms with van der Waals surface area (Å²) in [6.45, 7) is 0. The lowest BCUT2D eigenvalue weighted by Gasteiger charge is -2.17. The Morgan fingerprint density at radius 1 is 0.375 bits per heavy atom. The molecule has 310 valence electrons. The van der Waals surface area contributed by atoms with E-state index in [1.165, 1.54) is 0 Å². The minimum atomic E-state index is -5.01. The number of hydrogen-bond donors (Lipinski definition) is 0. The molecular weight excluding hydrogens is 823 g/mol. The van der Waals surface area contributed by atoms with Gasteiger partial charge in [0.25, 0.3) is 0 Å². The molecule has 3 aromatic heterocycles. The van der Waals surface area contributed by atoms with Crippen LogP contribution in [-0.4, -0.2) is 19.5 Å². The lowest BCUT2D eigenvalue weighted by Crippen LogP contribution is -2.11.